The molecule has 126 valence electrons. The Balaban J connectivity index is 3.94. The van der Waals surface area contributed by atoms with Crippen molar-refractivity contribution in [3.63, 3.8) is 0 Å². The van der Waals surface area contributed by atoms with Crippen LogP contribution in [0.4, 0.5) is 0 Å². The van der Waals surface area contributed by atoms with Crippen molar-refractivity contribution in [1.82, 2.24) is 0 Å². The van der Waals surface area contributed by atoms with Crippen LogP contribution in [0.5, 0.6) is 0 Å². The Kier molecular flexibility index (Phi) is 10.3. The van der Waals surface area contributed by atoms with Gasteiger partial charge in [-0.15, -0.1) is 0 Å². The topological polar surface area (TPSA) is 99.1 Å². The van der Waals surface area contributed by atoms with Crippen molar-refractivity contribution in [1.29, 1.82) is 0 Å². The molecule has 1 N–H and O–H groups in total. The fourth-order valence-electron chi connectivity index (χ4n) is 1.18. The molecule has 0 saturated heterocycles. The minimum atomic E-state index is -0.723. The lowest BCUT2D eigenvalue weighted by Crippen LogP contribution is -2.30. The first-order chi connectivity index (χ1) is 10.3. The van der Waals surface area contributed by atoms with Gasteiger partial charge in [0, 0.05) is 23.7 Å². The number of carbonyl (C=O) groups excluding carboxylic acids is 3. The number of rotatable bonds is 10. The van der Waals surface area contributed by atoms with Gasteiger partial charge < -0.3 is 19.3 Å². The zero-order chi connectivity index (χ0) is 17.0. The predicted molar refractivity (Wildman–Crippen MR) is 81.3 cm³/mol. The Hall–Kier alpha value is -1.54. The van der Waals surface area contributed by atoms with Crippen LogP contribution in [0.25, 0.3) is 0 Å². The second-order valence-corrected chi connectivity index (χ2v) is 5.93. The molecular formula is C14H22O7S. The Labute approximate surface area is 134 Å². The Morgan fingerprint density at radius 1 is 1.09 bits per heavy atom. The number of hydrogen-bond donors (Lipinski definition) is 1. The van der Waals surface area contributed by atoms with E-state index in [0.717, 1.165) is 12.2 Å². The van der Waals surface area contributed by atoms with Gasteiger partial charge in [-0.2, -0.15) is 11.8 Å². The molecule has 0 radical (unpaired) electrons. The van der Waals surface area contributed by atoms with Gasteiger partial charge in [0.15, 0.2) is 0 Å². The minimum absolute atomic E-state index is 0.0604. The van der Waals surface area contributed by atoms with Crippen LogP contribution in [0, 0.1) is 5.41 Å². The molecule has 0 amide bonds. The number of hydrogen-bond acceptors (Lipinski definition) is 8. The maximum Gasteiger partial charge on any atom is 0.331 e. The summed E-state index contributed by atoms with van der Waals surface area (Å²) in [5.74, 6) is -0.710. The second kappa shape index (κ2) is 11.1. The van der Waals surface area contributed by atoms with Gasteiger partial charge in [-0.3, -0.25) is 4.79 Å². The van der Waals surface area contributed by atoms with Gasteiger partial charge in [0.05, 0.1) is 19.1 Å². The summed E-state index contributed by atoms with van der Waals surface area (Å²) in [4.78, 5) is 33.8. The van der Waals surface area contributed by atoms with Crippen LogP contribution in [0.2, 0.25) is 0 Å². The number of aliphatic hydroxyl groups is 1. The Morgan fingerprint density at radius 2 is 1.68 bits per heavy atom. The second-order valence-electron chi connectivity index (χ2n) is 4.82. The summed E-state index contributed by atoms with van der Waals surface area (Å²) in [7, 11) is 1.19. The highest BCUT2D eigenvalue weighted by Gasteiger charge is 2.29. The van der Waals surface area contributed by atoms with Gasteiger partial charge in [0.1, 0.15) is 13.2 Å². The maximum absolute atomic E-state index is 11.8. The van der Waals surface area contributed by atoms with Gasteiger partial charge in [-0.1, -0.05) is 0 Å². The number of thioether (sulfide) groups is 1. The zero-order valence-electron chi connectivity index (χ0n) is 13.0. The average Bonchev–Trinajstić information content (AvgIpc) is 2.48. The molecule has 0 heterocycles. The first kappa shape index (κ1) is 20.5. The Morgan fingerprint density at radius 3 is 2.27 bits per heavy atom. The number of ether oxygens (including phenoxy) is 3. The van der Waals surface area contributed by atoms with Crippen LogP contribution >= 0.6 is 11.8 Å². The monoisotopic (exact) mass is 334 g/mol. The smallest absolute Gasteiger partial charge is 0.331 e. The molecule has 0 saturated carbocycles. The predicted octanol–water partition coefficient (Wildman–Crippen LogP) is 0.554. The fraction of sp³-hybridized carbons (Fsp3) is 0.643. The third kappa shape index (κ3) is 9.41. The summed E-state index contributed by atoms with van der Waals surface area (Å²) in [6.45, 7) is 3.38. The minimum Gasteiger partial charge on any atom is -0.466 e. The molecule has 0 aliphatic rings. The van der Waals surface area contributed by atoms with Gasteiger partial charge in [0.25, 0.3) is 0 Å². The van der Waals surface area contributed by atoms with E-state index >= 15 is 0 Å². The number of esters is 3. The van der Waals surface area contributed by atoms with Crippen molar-refractivity contribution in [2.75, 3.05) is 38.4 Å². The average molecular weight is 334 g/mol. The van der Waals surface area contributed by atoms with E-state index in [9.17, 15) is 14.4 Å². The standard InChI is InChI=1S/C14H22O7S/c1-14(2,10-22-9-6-15)13(18)21-8-7-20-12(17)5-4-11(16)19-3/h4-5,15H,6-10H2,1-3H3/b5-4-. The van der Waals surface area contributed by atoms with Crippen LogP contribution < -0.4 is 0 Å². The van der Waals surface area contributed by atoms with Crippen molar-refractivity contribution in [3.8, 4) is 0 Å². The molecule has 0 aromatic rings. The van der Waals surface area contributed by atoms with Gasteiger partial charge in [-0.25, -0.2) is 9.59 Å². The molecular weight excluding hydrogens is 312 g/mol. The number of methoxy groups -OCH3 is 1. The summed E-state index contributed by atoms with van der Waals surface area (Å²) in [6.07, 6.45) is 1.87. The fourth-order valence-corrected chi connectivity index (χ4v) is 2.08. The number of carbonyl (C=O) groups is 3. The molecule has 0 unspecified atom stereocenters. The molecule has 0 atom stereocenters. The van der Waals surface area contributed by atoms with Crippen LogP contribution in [-0.2, 0) is 28.6 Å². The summed E-state index contributed by atoms with van der Waals surface area (Å²) < 4.78 is 14.1. The van der Waals surface area contributed by atoms with Crippen LogP contribution in [0.15, 0.2) is 12.2 Å². The van der Waals surface area contributed by atoms with E-state index in [0.29, 0.717) is 11.5 Å². The van der Waals surface area contributed by atoms with E-state index in [1.807, 2.05) is 0 Å². The lowest BCUT2D eigenvalue weighted by molar-refractivity contribution is -0.156. The van der Waals surface area contributed by atoms with Gasteiger partial charge >= 0.3 is 17.9 Å². The highest BCUT2D eigenvalue weighted by molar-refractivity contribution is 7.99. The van der Waals surface area contributed by atoms with E-state index < -0.39 is 23.3 Å². The zero-order valence-corrected chi connectivity index (χ0v) is 13.8. The summed E-state index contributed by atoms with van der Waals surface area (Å²) in [5, 5.41) is 8.70. The third-order valence-corrected chi connectivity index (χ3v) is 3.77. The van der Waals surface area contributed by atoms with E-state index in [4.69, 9.17) is 14.6 Å². The molecule has 7 nitrogen and oxygen atoms in total. The molecule has 0 aromatic heterocycles. The normalized spacial score (nSPS) is 11.3. The lowest BCUT2D eigenvalue weighted by Gasteiger charge is -2.21. The highest BCUT2D eigenvalue weighted by atomic mass is 32.2. The molecule has 0 spiro atoms. The first-order valence-electron chi connectivity index (χ1n) is 6.62. The van der Waals surface area contributed by atoms with Crippen LogP contribution in [0.1, 0.15) is 13.8 Å². The first-order valence-corrected chi connectivity index (χ1v) is 7.77. The van der Waals surface area contributed by atoms with Crippen LogP contribution in [-0.4, -0.2) is 61.5 Å². The molecule has 0 aliphatic carbocycles. The van der Waals surface area contributed by atoms with Crippen molar-refractivity contribution < 1.29 is 33.7 Å². The third-order valence-electron chi connectivity index (χ3n) is 2.37. The molecule has 22 heavy (non-hydrogen) atoms. The maximum atomic E-state index is 11.8. The SMILES string of the molecule is COC(=O)/C=C\C(=O)OCCOC(=O)C(C)(C)CSCCO. The van der Waals surface area contributed by atoms with Gasteiger partial charge in [-0.05, 0) is 13.8 Å². The summed E-state index contributed by atoms with van der Waals surface area (Å²) in [6, 6.07) is 0. The highest BCUT2D eigenvalue weighted by Crippen LogP contribution is 2.23. The number of aliphatic hydroxyl groups excluding tert-OH is 1. The van der Waals surface area contributed by atoms with E-state index in [1.165, 1.54) is 18.9 Å². The van der Waals surface area contributed by atoms with E-state index in [-0.39, 0.29) is 19.8 Å². The molecule has 0 bridgehead atoms. The lowest BCUT2D eigenvalue weighted by atomic mass is 9.97. The largest absolute Gasteiger partial charge is 0.466 e. The molecule has 8 heteroatoms. The van der Waals surface area contributed by atoms with Crippen molar-refractivity contribution in [2.24, 2.45) is 5.41 Å². The quantitative estimate of drug-likeness (QED) is 0.268. The van der Waals surface area contributed by atoms with Crippen molar-refractivity contribution in [3.05, 3.63) is 12.2 Å². The molecule has 0 aliphatic heterocycles. The van der Waals surface area contributed by atoms with Crippen LogP contribution in [0.3, 0.4) is 0 Å². The molecule has 0 fully saturated rings. The van der Waals surface area contributed by atoms with Gasteiger partial charge in [0.2, 0.25) is 0 Å². The Bertz CT molecular complexity index is 404. The molecule has 0 rings (SSSR count). The van der Waals surface area contributed by atoms with Crippen molar-refractivity contribution >= 4 is 29.7 Å². The summed E-state index contributed by atoms with van der Waals surface area (Å²) >= 11 is 1.45. The van der Waals surface area contributed by atoms with E-state index in [2.05, 4.69) is 4.74 Å². The summed E-state index contributed by atoms with van der Waals surface area (Å²) in [5.41, 5.74) is -0.686. The van der Waals surface area contributed by atoms with E-state index in [1.54, 1.807) is 13.8 Å². The van der Waals surface area contributed by atoms with Crippen molar-refractivity contribution in [2.45, 2.75) is 13.8 Å². The molecule has 0 aromatic carbocycles.